The molecule has 0 aliphatic rings. The van der Waals surface area contributed by atoms with Gasteiger partial charge in [-0.15, -0.1) is 0 Å². The van der Waals surface area contributed by atoms with Crippen molar-refractivity contribution in [3.05, 3.63) is 53.1 Å². The number of hydrogen-bond donors (Lipinski definition) is 5. The van der Waals surface area contributed by atoms with Crippen molar-refractivity contribution in [2.75, 3.05) is 17.2 Å². The second-order valence-corrected chi connectivity index (χ2v) is 4.57. The number of aryl methyl sites for hydroxylation is 1. The maximum absolute atomic E-state index is 10.5. The summed E-state index contributed by atoms with van der Waals surface area (Å²) in [6.07, 6.45) is 0. The molecule has 0 aromatic heterocycles. The molecule has 0 spiro atoms. The van der Waals surface area contributed by atoms with Crippen LogP contribution >= 0.6 is 0 Å². The summed E-state index contributed by atoms with van der Waals surface area (Å²) < 4.78 is 0. The first kappa shape index (κ1) is 16.8. The fourth-order valence-electron chi connectivity index (χ4n) is 1.60. The van der Waals surface area contributed by atoms with Crippen molar-refractivity contribution in [3.8, 4) is 0 Å². The molecule has 0 aliphatic heterocycles. The van der Waals surface area contributed by atoms with Gasteiger partial charge in [0.2, 0.25) is 0 Å². The van der Waals surface area contributed by atoms with E-state index in [1.807, 2.05) is 19.1 Å². The molecule has 0 amide bonds. The molecule has 0 radical (unpaired) electrons. The number of carboxylic acid groups (broad SMARTS) is 2. The molecule has 0 saturated carbocycles. The number of carboxylic acids is 2. The number of rotatable bonds is 2. The van der Waals surface area contributed by atoms with Gasteiger partial charge in [-0.05, 0) is 48.9 Å². The Morgan fingerprint density at radius 2 is 1.32 bits per heavy atom. The first-order chi connectivity index (χ1) is 10.2. The van der Waals surface area contributed by atoms with E-state index < -0.39 is 11.9 Å². The van der Waals surface area contributed by atoms with E-state index in [4.69, 9.17) is 27.4 Å². The van der Waals surface area contributed by atoms with Crippen molar-refractivity contribution < 1.29 is 19.8 Å². The first-order valence-corrected chi connectivity index (χ1v) is 6.19. The molecule has 2 aromatic carbocycles. The summed E-state index contributed by atoms with van der Waals surface area (Å²) in [6.45, 7) is 1.94. The van der Waals surface area contributed by atoms with Crippen LogP contribution in [0.2, 0.25) is 0 Å². The van der Waals surface area contributed by atoms with Gasteiger partial charge in [-0.2, -0.15) is 0 Å². The lowest BCUT2D eigenvalue weighted by atomic mass is 10.1. The van der Waals surface area contributed by atoms with Crippen LogP contribution in [0.4, 0.5) is 17.1 Å². The van der Waals surface area contributed by atoms with E-state index in [1.54, 1.807) is 6.07 Å². The molecule has 7 heteroatoms. The zero-order valence-corrected chi connectivity index (χ0v) is 11.9. The average Bonchev–Trinajstić information content (AvgIpc) is 2.43. The number of aromatic carboxylic acids is 2. The van der Waals surface area contributed by atoms with E-state index in [9.17, 15) is 9.59 Å². The lowest BCUT2D eigenvalue weighted by Gasteiger charge is -1.99. The minimum atomic E-state index is -1.20. The van der Waals surface area contributed by atoms with Crippen LogP contribution in [0.25, 0.3) is 0 Å². The van der Waals surface area contributed by atoms with Gasteiger partial charge in [-0.25, -0.2) is 9.59 Å². The summed E-state index contributed by atoms with van der Waals surface area (Å²) in [7, 11) is 0. The van der Waals surface area contributed by atoms with Gasteiger partial charge in [0.1, 0.15) is 0 Å². The first-order valence-electron chi connectivity index (χ1n) is 6.19. The van der Waals surface area contributed by atoms with Gasteiger partial charge >= 0.3 is 11.9 Å². The van der Waals surface area contributed by atoms with Crippen molar-refractivity contribution in [3.63, 3.8) is 0 Å². The number of benzene rings is 2. The molecule has 0 heterocycles. The van der Waals surface area contributed by atoms with E-state index in [0.29, 0.717) is 0 Å². The zero-order chi connectivity index (χ0) is 16.9. The maximum atomic E-state index is 10.5. The summed E-state index contributed by atoms with van der Waals surface area (Å²) in [4.78, 5) is 21.0. The Balaban J connectivity index is 0.000000235. The number of nitrogens with two attached hydrogens (primary N) is 3. The second-order valence-electron chi connectivity index (χ2n) is 4.57. The predicted octanol–water partition coefficient (Wildman–Crippen LogP) is 1.82. The highest BCUT2D eigenvalue weighted by Crippen LogP contribution is 2.13. The summed E-state index contributed by atoms with van der Waals surface area (Å²) >= 11 is 0. The van der Waals surface area contributed by atoms with Crippen molar-refractivity contribution in [2.24, 2.45) is 0 Å². The van der Waals surface area contributed by atoms with Crippen molar-refractivity contribution in [1.29, 1.82) is 0 Å². The average molecular weight is 303 g/mol. The Bertz CT molecular complexity index is 682. The van der Waals surface area contributed by atoms with Crippen LogP contribution in [0.5, 0.6) is 0 Å². The smallest absolute Gasteiger partial charge is 0.335 e. The Kier molecular flexibility index (Phi) is 5.34. The molecule has 0 bridgehead atoms. The topological polar surface area (TPSA) is 153 Å². The van der Waals surface area contributed by atoms with Gasteiger partial charge < -0.3 is 27.4 Å². The van der Waals surface area contributed by atoms with Crippen LogP contribution in [-0.4, -0.2) is 22.2 Å². The molecule has 0 unspecified atom stereocenters. The van der Waals surface area contributed by atoms with Crippen molar-refractivity contribution >= 4 is 29.0 Å². The number of carbonyl (C=O) groups is 2. The summed E-state index contributed by atoms with van der Waals surface area (Å²) in [6, 6.07) is 8.92. The minimum Gasteiger partial charge on any atom is -0.478 e. The molecule has 0 atom stereocenters. The van der Waals surface area contributed by atoms with E-state index in [-0.39, 0.29) is 16.8 Å². The highest BCUT2D eigenvalue weighted by atomic mass is 16.4. The van der Waals surface area contributed by atoms with Gasteiger partial charge in [0.15, 0.2) is 0 Å². The van der Waals surface area contributed by atoms with Crippen LogP contribution in [-0.2, 0) is 0 Å². The molecule has 0 saturated heterocycles. The lowest BCUT2D eigenvalue weighted by molar-refractivity contribution is 0.0696. The Morgan fingerprint density at radius 3 is 1.68 bits per heavy atom. The third kappa shape index (κ3) is 4.71. The zero-order valence-electron chi connectivity index (χ0n) is 11.9. The van der Waals surface area contributed by atoms with Crippen LogP contribution in [0.3, 0.4) is 0 Å². The van der Waals surface area contributed by atoms with Gasteiger partial charge in [-0.1, -0.05) is 0 Å². The van der Waals surface area contributed by atoms with Crippen LogP contribution in [0.1, 0.15) is 26.3 Å². The van der Waals surface area contributed by atoms with Gasteiger partial charge in [-0.3, -0.25) is 0 Å². The van der Waals surface area contributed by atoms with Gasteiger partial charge in [0, 0.05) is 17.1 Å². The molecule has 0 aliphatic carbocycles. The van der Waals surface area contributed by atoms with E-state index in [2.05, 4.69) is 0 Å². The molecule has 7 nitrogen and oxygen atoms in total. The Morgan fingerprint density at radius 1 is 0.818 bits per heavy atom. The summed E-state index contributed by atoms with van der Waals surface area (Å²) in [5.41, 5.74) is 18.8. The molecule has 2 aromatic rings. The number of hydrogen-bond acceptors (Lipinski definition) is 5. The quantitative estimate of drug-likeness (QED) is 0.530. The molecule has 22 heavy (non-hydrogen) atoms. The van der Waals surface area contributed by atoms with E-state index >= 15 is 0 Å². The van der Waals surface area contributed by atoms with Gasteiger partial charge in [0.25, 0.3) is 0 Å². The van der Waals surface area contributed by atoms with E-state index in [1.165, 1.54) is 12.1 Å². The Labute approximate surface area is 127 Å². The third-order valence-electron chi connectivity index (χ3n) is 2.74. The van der Waals surface area contributed by atoms with Crippen LogP contribution in [0, 0.1) is 6.92 Å². The highest BCUT2D eigenvalue weighted by molar-refractivity contribution is 5.95. The monoisotopic (exact) mass is 303 g/mol. The number of nitrogen functional groups attached to an aromatic ring is 3. The summed E-state index contributed by atoms with van der Waals surface area (Å²) in [5.74, 6) is -2.40. The van der Waals surface area contributed by atoms with Crippen molar-refractivity contribution in [2.45, 2.75) is 6.92 Å². The Hall–Kier alpha value is -3.22. The molecule has 0 fully saturated rings. The summed E-state index contributed by atoms with van der Waals surface area (Å²) in [5, 5.41) is 17.1. The fourth-order valence-corrected chi connectivity index (χ4v) is 1.60. The molecular weight excluding hydrogens is 286 g/mol. The minimum absolute atomic E-state index is 0.123. The second kappa shape index (κ2) is 6.98. The molecule has 116 valence electrons. The predicted molar refractivity (Wildman–Crippen MR) is 84.8 cm³/mol. The normalized spacial score (nSPS) is 9.50. The maximum Gasteiger partial charge on any atom is 0.335 e. The lowest BCUT2D eigenvalue weighted by Crippen LogP contribution is -2.03. The van der Waals surface area contributed by atoms with Gasteiger partial charge in [0.05, 0.1) is 11.1 Å². The SMILES string of the molecule is Cc1cc(N)ccc1N.Nc1cc(C(=O)O)cc(C(=O)O)c1. The largest absolute Gasteiger partial charge is 0.478 e. The van der Waals surface area contributed by atoms with Crippen LogP contribution in [0.15, 0.2) is 36.4 Å². The third-order valence-corrected chi connectivity index (χ3v) is 2.74. The van der Waals surface area contributed by atoms with Crippen LogP contribution < -0.4 is 17.2 Å². The molecule has 8 N–H and O–H groups in total. The fraction of sp³-hybridized carbons (Fsp3) is 0.0667. The highest BCUT2D eigenvalue weighted by Gasteiger charge is 2.09. The standard InChI is InChI=1S/C8H7NO4.C7H10N2/c9-6-2-4(7(10)11)1-5(3-6)8(12)13;1-5-4-6(8)2-3-7(5)9/h1-3H,9H2,(H,10,11)(H,12,13);2-4H,8-9H2,1H3. The molecular formula is C15H17N3O4. The van der Waals surface area contributed by atoms with E-state index in [0.717, 1.165) is 23.0 Å². The number of anilines is 3. The molecule has 2 rings (SSSR count). The van der Waals surface area contributed by atoms with Crippen molar-refractivity contribution in [1.82, 2.24) is 0 Å².